The van der Waals surface area contributed by atoms with Crippen molar-refractivity contribution in [3.63, 3.8) is 0 Å². The van der Waals surface area contributed by atoms with Gasteiger partial charge in [-0.1, -0.05) is 44.2 Å². The zero-order chi connectivity index (χ0) is 10.7. The number of ether oxygens (including phenoxy) is 1. The van der Waals surface area contributed by atoms with Crippen LogP contribution in [0.15, 0.2) is 30.3 Å². The minimum atomic E-state index is 0.437. The predicted octanol–water partition coefficient (Wildman–Crippen LogP) is 3.61. The summed E-state index contributed by atoms with van der Waals surface area (Å²) in [5.41, 5.74) is 1.43. The summed E-state index contributed by atoms with van der Waals surface area (Å²) in [7, 11) is 0. The maximum Gasteiger partial charge on any atom is 0.0646 e. The Labute approximate surface area is 92.5 Å². The first kappa shape index (κ1) is 10.7. The van der Waals surface area contributed by atoms with E-state index in [1.807, 2.05) is 0 Å². The normalized spacial score (nSPS) is 23.3. The van der Waals surface area contributed by atoms with Crippen molar-refractivity contribution in [1.82, 2.24) is 0 Å². The summed E-state index contributed by atoms with van der Waals surface area (Å²) in [5, 5.41) is 0. The third-order valence-corrected chi connectivity index (χ3v) is 3.27. The van der Waals surface area contributed by atoms with Crippen molar-refractivity contribution < 1.29 is 4.74 Å². The average molecular weight is 204 g/mol. The molecule has 0 aromatic heterocycles. The van der Waals surface area contributed by atoms with Crippen LogP contribution in [0.3, 0.4) is 0 Å². The molecule has 82 valence electrons. The molecule has 1 aromatic rings. The molecule has 1 fully saturated rings. The van der Waals surface area contributed by atoms with Crippen molar-refractivity contribution in [3.8, 4) is 0 Å². The fourth-order valence-electron chi connectivity index (χ4n) is 2.59. The van der Waals surface area contributed by atoms with Gasteiger partial charge in [0.15, 0.2) is 0 Å². The highest BCUT2D eigenvalue weighted by molar-refractivity contribution is 5.21. The van der Waals surface area contributed by atoms with E-state index in [-0.39, 0.29) is 0 Å². The molecule has 0 radical (unpaired) electrons. The fourth-order valence-corrected chi connectivity index (χ4v) is 2.59. The van der Waals surface area contributed by atoms with Gasteiger partial charge < -0.3 is 4.74 Å². The zero-order valence-corrected chi connectivity index (χ0v) is 9.65. The van der Waals surface area contributed by atoms with Crippen LogP contribution in [-0.4, -0.2) is 12.7 Å². The van der Waals surface area contributed by atoms with Crippen LogP contribution in [0.1, 0.15) is 38.2 Å². The standard InChI is InChI=1S/C14H20O/c1-11(2)14(13-9-6-10-15-13)12-7-4-3-5-8-12/h3-5,7-8,11,13-14H,6,9-10H2,1-2H3. The molecule has 1 heterocycles. The molecule has 1 aliphatic rings. The number of hydrogen-bond donors (Lipinski definition) is 0. The average Bonchev–Trinajstić information content (AvgIpc) is 2.72. The van der Waals surface area contributed by atoms with Gasteiger partial charge in [-0.3, -0.25) is 0 Å². The van der Waals surface area contributed by atoms with Crippen molar-refractivity contribution in [2.45, 2.75) is 38.7 Å². The summed E-state index contributed by atoms with van der Waals surface area (Å²) in [5.74, 6) is 1.21. The molecule has 2 rings (SSSR count). The summed E-state index contributed by atoms with van der Waals surface area (Å²) in [6, 6.07) is 10.8. The number of benzene rings is 1. The van der Waals surface area contributed by atoms with Gasteiger partial charge in [-0.25, -0.2) is 0 Å². The fraction of sp³-hybridized carbons (Fsp3) is 0.571. The molecule has 0 amide bonds. The van der Waals surface area contributed by atoms with Crippen LogP contribution < -0.4 is 0 Å². The number of rotatable bonds is 3. The molecule has 2 unspecified atom stereocenters. The number of hydrogen-bond acceptors (Lipinski definition) is 1. The molecule has 1 aromatic carbocycles. The topological polar surface area (TPSA) is 9.23 Å². The first-order valence-electron chi connectivity index (χ1n) is 5.95. The third kappa shape index (κ3) is 2.40. The molecular weight excluding hydrogens is 184 g/mol. The quantitative estimate of drug-likeness (QED) is 0.731. The van der Waals surface area contributed by atoms with E-state index in [1.54, 1.807) is 0 Å². The molecule has 0 aliphatic carbocycles. The summed E-state index contributed by atoms with van der Waals surface area (Å²) in [6.07, 6.45) is 2.88. The largest absolute Gasteiger partial charge is 0.378 e. The van der Waals surface area contributed by atoms with E-state index < -0.39 is 0 Å². The molecule has 0 bridgehead atoms. The van der Waals surface area contributed by atoms with Gasteiger partial charge in [-0.05, 0) is 24.3 Å². The Bertz CT molecular complexity index is 285. The van der Waals surface area contributed by atoms with E-state index >= 15 is 0 Å². The Morgan fingerprint density at radius 3 is 2.47 bits per heavy atom. The van der Waals surface area contributed by atoms with Crippen LogP contribution in [0.2, 0.25) is 0 Å². The van der Waals surface area contributed by atoms with Crippen molar-refractivity contribution >= 4 is 0 Å². The van der Waals surface area contributed by atoms with Gasteiger partial charge in [0.25, 0.3) is 0 Å². The molecule has 1 nitrogen and oxygen atoms in total. The SMILES string of the molecule is CC(C)C(c1ccccc1)C1CCCO1. The van der Waals surface area contributed by atoms with E-state index in [9.17, 15) is 0 Å². The molecule has 1 saturated heterocycles. The highest BCUT2D eigenvalue weighted by atomic mass is 16.5. The van der Waals surface area contributed by atoms with Crippen LogP contribution >= 0.6 is 0 Å². The van der Waals surface area contributed by atoms with E-state index in [1.165, 1.54) is 18.4 Å². The van der Waals surface area contributed by atoms with Gasteiger partial charge in [0.1, 0.15) is 0 Å². The Balaban J connectivity index is 2.19. The molecule has 0 saturated carbocycles. The van der Waals surface area contributed by atoms with Crippen molar-refractivity contribution in [2.75, 3.05) is 6.61 Å². The Hall–Kier alpha value is -0.820. The monoisotopic (exact) mass is 204 g/mol. The molecule has 15 heavy (non-hydrogen) atoms. The van der Waals surface area contributed by atoms with E-state index in [0.717, 1.165) is 6.61 Å². The molecule has 0 spiro atoms. The first-order chi connectivity index (χ1) is 7.29. The van der Waals surface area contributed by atoms with Crippen LogP contribution in [0.5, 0.6) is 0 Å². The van der Waals surface area contributed by atoms with Crippen molar-refractivity contribution in [2.24, 2.45) is 5.92 Å². The highest BCUT2D eigenvalue weighted by Gasteiger charge is 2.29. The van der Waals surface area contributed by atoms with Gasteiger partial charge >= 0.3 is 0 Å². The first-order valence-corrected chi connectivity index (χ1v) is 5.95. The predicted molar refractivity (Wildman–Crippen MR) is 63.0 cm³/mol. The Kier molecular flexibility index (Phi) is 3.42. The van der Waals surface area contributed by atoms with Gasteiger partial charge in [0.05, 0.1) is 6.10 Å². The zero-order valence-electron chi connectivity index (χ0n) is 9.65. The van der Waals surface area contributed by atoms with Gasteiger partial charge in [-0.15, -0.1) is 0 Å². The molecule has 1 heteroatoms. The maximum absolute atomic E-state index is 5.83. The van der Waals surface area contributed by atoms with Crippen molar-refractivity contribution in [3.05, 3.63) is 35.9 Å². The molecule has 0 N–H and O–H groups in total. The van der Waals surface area contributed by atoms with Crippen LogP contribution in [0.4, 0.5) is 0 Å². The highest BCUT2D eigenvalue weighted by Crippen LogP contribution is 2.34. The smallest absolute Gasteiger partial charge is 0.0646 e. The lowest BCUT2D eigenvalue weighted by molar-refractivity contribution is 0.0748. The minimum Gasteiger partial charge on any atom is -0.378 e. The Morgan fingerprint density at radius 1 is 1.20 bits per heavy atom. The second-order valence-electron chi connectivity index (χ2n) is 4.73. The van der Waals surface area contributed by atoms with E-state index in [2.05, 4.69) is 44.2 Å². The summed E-state index contributed by atoms with van der Waals surface area (Å²) in [6.45, 7) is 5.53. The summed E-state index contributed by atoms with van der Waals surface area (Å²) >= 11 is 0. The third-order valence-electron chi connectivity index (χ3n) is 3.27. The van der Waals surface area contributed by atoms with Crippen LogP contribution in [0, 0.1) is 5.92 Å². The van der Waals surface area contributed by atoms with E-state index in [4.69, 9.17) is 4.74 Å². The Morgan fingerprint density at radius 2 is 1.93 bits per heavy atom. The molecule has 2 atom stereocenters. The maximum atomic E-state index is 5.83. The molecular formula is C14H20O. The van der Waals surface area contributed by atoms with Gasteiger partial charge in [0, 0.05) is 12.5 Å². The lowest BCUT2D eigenvalue weighted by Gasteiger charge is -2.27. The van der Waals surface area contributed by atoms with Crippen molar-refractivity contribution in [1.29, 1.82) is 0 Å². The van der Waals surface area contributed by atoms with Crippen LogP contribution in [-0.2, 0) is 4.74 Å². The molecule has 1 aliphatic heterocycles. The van der Waals surface area contributed by atoms with Crippen LogP contribution in [0.25, 0.3) is 0 Å². The summed E-state index contributed by atoms with van der Waals surface area (Å²) in [4.78, 5) is 0. The van der Waals surface area contributed by atoms with Gasteiger partial charge in [-0.2, -0.15) is 0 Å². The van der Waals surface area contributed by atoms with E-state index in [0.29, 0.717) is 17.9 Å². The second kappa shape index (κ2) is 4.80. The lowest BCUT2D eigenvalue weighted by Crippen LogP contribution is -2.22. The van der Waals surface area contributed by atoms with Gasteiger partial charge in [0.2, 0.25) is 0 Å². The minimum absolute atomic E-state index is 0.437. The summed E-state index contributed by atoms with van der Waals surface area (Å²) < 4.78 is 5.83. The second-order valence-corrected chi connectivity index (χ2v) is 4.73. The lowest BCUT2D eigenvalue weighted by atomic mass is 9.83.